The van der Waals surface area contributed by atoms with Gasteiger partial charge in [0.25, 0.3) is 0 Å². The van der Waals surface area contributed by atoms with Crippen LogP contribution in [0.25, 0.3) is 0 Å². The minimum atomic E-state index is -0.589. The van der Waals surface area contributed by atoms with Crippen molar-refractivity contribution in [2.45, 2.75) is 76.2 Å². The molecule has 2 aliphatic rings. The van der Waals surface area contributed by atoms with Crippen LogP contribution in [-0.2, 0) is 19.0 Å². The van der Waals surface area contributed by atoms with Gasteiger partial charge in [0.05, 0.1) is 0 Å². The van der Waals surface area contributed by atoms with Crippen LogP contribution in [0.2, 0.25) is 0 Å². The fraction of sp³-hybridized carbons (Fsp3) is 0.889. The van der Waals surface area contributed by atoms with Crippen LogP contribution in [0, 0.1) is 0 Å². The Morgan fingerprint density at radius 3 is 2.28 bits per heavy atom. The molecule has 144 valence electrons. The average molecular weight is 373 g/mol. The van der Waals surface area contributed by atoms with Crippen LogP contribution in [0.4, 0.5) is 0 Å². The zero-order valence-electron chi connectivity index (χ0n) is 16.1. The van der Waals surface area contributed by atoms with Crippen LogP contribution in [0.15, 0.2) is 4.99 Å². The third-order valence-corrected chi connectivity index (χ3v) is 5.70. The van der Waals surface area contributed by atoms with Gasteiger partial charge in [-0.25, -0.2) is 0 Å². The highest BCUT2D eigenvalue weighted by molar-refractivity contribution is 8.14. The fourth-order valence-electron chi connectivity index (χ4n) is 2.97. The SMILES string of the molecule is CCCCO[C@@H]1[C@H]2N=C(N(C)C)S[C@H]2O[C@H](C(C)=O)[C@H]1OCCCC. The lowest BCUT2D eigenvalue weighted by Crippen LogP contribution is -2.59. The molecular formula is C18H32N2O4S. The quantitative estimate of drug-likeness (QED) is 0.580. The number of aliphatic imine (C=N–C) groups is 1. The maximum atomic E-state index is 12.2. The average Bonchev–Trinajstić information content (AvgIpc) is 3.00. The number of fused-ring (bicyclic) bond motifs is 1. The summed E-state index contributed by atoms with van der Waals surface area (Å²) in [5, 5.41) is 0.913. The van der Waals surface area contributed by atoms with Crippen LogP contribution in [0.1, 0.15) is 46.5 Å². The Kier molecular flexibility index (Phi) is 8.19. The summed E-state index contributed by atoms with van der Waals surface area (Å²) >= 11 is 1.56. The van der Waals surface area contributed by atoms with E-state index in [4.69, 9.17) is 19.2 Å². The molecule has 2 heterocycles. The first kappa shape index (κ1) is 20.7. The Labute approximate surface area is 155 Å². The van der Waals surface area contributed by atoms with Gasteiger partial charge in [-0.15, -0.1) is 0 Å². The summed E-state index contributed by atoms with van der Waals surface area (Å²) in [6.45, 7) is 7.08. The number of Topliss-reactive ketones (excluding diaryl/α,β-unsaturated/α-hetero) is 1. The molecule has 0 aliphatic carbocycles. The Morgan fingerprint density at radius 1 is 1.16 bits per heavy atom. The minimum Gasteiger partial charge on any atom is -0.373 e. The zero-order valence-corrected chi connectivity index (χ0v) is 16.9. The molecule has 1 saturated heterocycles. The van der Waals surface area contributed by atoms with Crippen molar-refractivity contribution in [3.05, 3.63) is 0 Å². The Bertz CT molecular complexity index is 472. The van der Waals surface area contributed by atoms with Crippen molar-refractivity contribution in [3.63, 3.8) is 0 Å². The summed E-state index contributed by atoms with van der Waals surface area (Å²) in [7, 11) is 3.93. The molecule has 0 aromatic heterocycles. The first-order valence-electron chi connectivity index (χ1n) is 9.30. The Morgan fingerprint density at radius 2 is 1.76 bits per heavy atom. The first-order chi connectivity index (χ1) is 12.0. The molecule has 0 bridgehead atoms. The number of carbonyl (C=O) groups is 1. The molecule has 0 saturated carbocycles. The molecule has 7 heteroatoms. The van der Waals surface area contributed by atoms with Crippen molar-refractivity contribution in [2.24, 2.45) is 4.99 Å². The molecule has 1 fully saturated rings. The van der Waals surface area contributed by atoms with E-state index in [0.717, 1.165) is 30.9 Å². The predicted octanol–water partition coefficient (Wildman–Crippen LogP) is 2.70. The van der Waals surface area contributed by atoms with E-state index < -0.39 is 12.2 Å². The first-order valence-corrected chi connectivity index (χ1v) is 10.2. The summed E-state index contributed by atoms with van der Waals surface area (Å²) in [5.74, 6) is -0.0112. The second-order valence-electron chi connectivity index (χ2n) is 6.83. The van der Waals surface area contributed by atoms with Gasteiger partial charge in [0, 0.05) is 27.3 Å². The number of hydrogen-bond donors (Lipinski definition) is 0. The maximum Gasteiger partial charge on any atom is 0.161 e. The third-order valence-electron chi connectivity index (χ3n) is 4.40. The van der Waals surface area contributed by atoms with Crippen molar-refractivity contribution >= 4 is 22.7 Å². The molecule has 0 spiro atoms. The number of hydrogen-bond acceptors (Lipinski definition) is 7. The molecule has 2 rings (SSSR count). The van der Waals surface area contributed by atoms with Crippen molar-refractivity contribution in [1.82, 2.24) is 4.90 Å². The number of unbranched alkanes of at least 4 members (excludes halogenated alkanes) is 2. The van der Waals surface area contributed by atoms with Crippen molar-refractivity contribution < 1.29 is 19.0 Å². The third kappa shape index (κ3) is 5.18. The van der Waals surface area contributed by atoms with Crippen LogP contribution in [0.3, 0.4) is 0 Å². The number of ether oxygens (including phenoxy) is 3. The Hall–Kier alpha value is -0.630. The van der Waals surface area contributed by atoms with Crippen molar-refractivity contribution in [3.8, 4) is 0 Å². The monoisotopic (exact) mass is 372 g/mol. The number of carbonyl (C=O) groups excluding carboxylic acids is 1. The van der Waals surface area contributed by atoms with E-state index in [9.17, 15) is 4.79 Å². The standard InChI is InChI=1S/C18H32N2O4S/c1-6-8-10-22-15-13-17(25-18(19-13)20(4)5)24-14(12(3)21)16(15)23-11-9-7-2/h13-17H,6-11H2,1-5H3/t13-,14-,15-,16-,17-/m1/s1. The summed E-state index contributed by atoms with van der Waals surface area (Å²) in [6.07, 6.45) is 2.82. The van der Waals surface area contributed by atoms with Gasteiger partial charge < -0.3 is 19.1 Å². The van der Waals surface area contributed by atoms with Gasteiger partial charge in [-0.3, -0.25) is 9.79 Å². The van der Waals surface area contributed by atoms with Crippen molar-refractivity contribution in [2.75, 3.05) is 27.3 Å². The number of nitrogens with zero attached hydrogens (tertiary/aromatic N) is 2. The van der Waals surface area contributed by atoms with Gasteiger partial charge in [-0.2, -0.15) is 0 Å². The lowest BCUT2D eigenvalue weighted by Gasteiger charge is -2.41. The number of thioether (sulfide) groups is 1. The molecule has 0 aromatic rings. The highest BCUT2D eigenvalue weighted by Gasteiger charge is 2.52. The van der Waals surface area contributed by atoms with Crippen molar-refractivity contribution in [1.29, 1.82) is 0 Å². The minimum absolute atomic E-state index is 0.0112. The molecule has 0 amide bonds. The van der Waals surface area contributed by atoms with Crippen LogP contribution in [0.5, 0.6) is 0 Å². The van der Waals surface area contributed by atoms with Gasteiger partial charge >= 0.3 is 0 Å². The summed E-state index contributed by atoms with van der Waals surface area (Å²) in [6, 6.07) is -0.138. The second kappa shape index (κ2) is 9.90. The van der Waals surface area contributed by atoms with Crippen LogP contribution < -0.4 is 0 Å². The summed E-state index contributed by atoms with van der Waals surface area (Å²) in [5.41, 5.74) is -0.191. The van der Waals surface area contributed by atoms with Crippen LogP contribution >= 0.6 is 11.8 Å². The Balaban J connectivity index is 2.21. The van der Waals surface area contributed by atoms with E-state index in [0.29, 0.717) is 13.2 Å². The van der Waals surface area contributed by atoms with Gasteiger partial charge in [-0.1, -0.05) is 38.5 Å². The molecule has 6 nitrogen and oxygen atoms in total. The highest BCUT2D eigenvalue weighted by Crippen LogP contribution is 2.39. The summed E-state index contributed by atoms with van der Waals surface area (Å²) in [4.78, 5) is 19.0. The molecule has 5 atom stereocenters. The van der Waals surface area contributed by atoms with E-state index in [1.807, 2.05) is 19.0 Å². The molecule has 0 radical (unpaired) electrons. The molecule has 25 heavy (non-hydrogen) atoms. The molecule has 0 aromatic carbocycles. The molecule has 0 N–H and O–H groups in total. The number of rotatable bonds is 9. The largest absolute Gasteiger partial charge is 0.373 e. The number of amidine groups is 1. The summed E-state index contributed by atoms with van der Waals surface area (Å²) < 4.78 is 18.4. The van der Waals surface area contributed by atoms with E-state index in [1.54, 1.807) is 18.7 Å². The number of ketones is 1. The second-order valence-corrected chi connectivity index (χ2v) is 7.89. The highest BCUT2D eigenvalue weighted by atomic mass is 32.2. The lowest BCUT2D eigenvalue weighted by atomic mass is 9.95. The van der Waals surface area contributed by atoms with Crippen LogP contribution in [-0.4, -0.2) is 72.9 Å². The van der Waals surface area contributed by atoms with E-state index in [1.165, 1.54) is 0 Å². The van der Waals surface area contributed by atoms with Gasteiger partial charge in [0.2, 0.25) is 0 Å². The predicted molar refractivity (Wildman–Crippen MR) is 101 cm³/mol. The van der Waals surface area contributed by atoms with Gasteiger partial charge in [0.1, 0.15) is 29.8 Å². The smallest absolute Gasteiger partial charge is 0.161 e. The van der Waals surface area contributed by atoms with E-state index in [2.05, 4.69) is 13.8 Å². The molecule has 0 unspecified atom stereocenters. The fourth-order valence-corrected chi connectivity index (χ4v) is 4.10. The van der Waals surface area contributed by atoms with Gasteiger partial charge in [-0.05, 0) is 19.8 Å². The molecule has 2 aliphatic heterocycles. The maximum absolute atomic E-state index is 12.2. The zero-order chi connectivity index (χ0) is 18.4. The normalized spacial score (nSPS) is 31.6. The lowest BCUT2D eigenvalue weighted by molar-refractivity contribution is -0.193. The van der Waals surface area contributed by atoms with E-state index >= 15 is 0 Å². The topological polar surface area (TPSA) is 60.4 Å². The molecular weight excluding hydrogens is 340 g/mol. The van der Waals surface area contributed by atoms with E-state index in [-0.39, 0.29) is 23.4 Å². The van der Waals surface area contributed by atoms with Gasteiger partial charge in [0.15, 0.2) is 11.0 Å².